The second kappa shape index (κ2) is 12.3. The minimum absolute atomic E-state index is 0.0701. The molecule has 0 bridgehead atoms. The van der Waals surface area contributed by atoms with Crippen molar-refractivity contribution in [2.24, 2.45) is 0 Å². The molecule has 1 heterocycles. The Morgan fingerprint density at radius 1 is 0.921 bits per heavy atom. The van der Waals surface area contributed by atoms with E-state index in [1.807, 2.05) is 17.5 Å². The monoisotopic (exact) mass is 549 g/mol. The van der Waals surface area contributed by atoms with Crippen LogP contribution in [0.2, 0.25) is 0 Å². The van der Waals surface area contributed by atoms with Crippen molar-refractivity contribution in [3.05, 3.63) is 83.2 Å². The Morgan fingerprint density at radius 2 is 1.63 bits per heavy atom. The van der Waals surface area contributed by atoms with E-state index in [1.54, 1.807) is 56.7 Å². The van der Waals surface area contributed by atoms with Gasteiger partial charge >= 0.3 is 5.97 Å². The van der Waals surface area contributed by atoms with E-state index in [-0.39, 0.29) is 22.8 Å². The van der Waals surface area contributed by atoms with E-state index < -0.39 is 11.9 Å². The van der Waals surface area contributed by atoms with Crippen LogP contribution in [0.3, 0.4) is 0 Å². The molecule has 9 nitrogen and oxygen atoms in total. The molecule has 4 rings (SSSR count). The van der Waals surface area contributed by atoms with Gasteiger partial charge in [-0.15, -0.1) is 23.1 Å². The summed E-state index contributed by atoms with van der Waals surface area (Å²) in [5.41, 5.74) is 2.07. The third kappa shape index (κ3) is 6.50. The molecule has 0 fully saturated rings. The minimum atomic E-state index is -1.17. The van der Waals surface area contributed by atoms with Crippen LogP contribution in [0.4, 0.5) is 10.8 Å². The number of carboxylic acids is 1. The molecule has 0 aliphatic rings. The third-order valence-corrected chi connectivity index (χ3v) is 7.08. The molecule has 1 aromatic heterocycles. The number of carbonyl (C=O) groups is 3. The summed E-state index contributed by atoms with van der Waals surface area (Å²) in [4.78, 5) is 41.7. The van der Waals surface area contributed by atoms with E-state index in [4.69, 9.17) is 9.47 Å². The largest absolute Gasteiger partial charge is 0.493 e. The Hall–Kier alpha value is -4.35. The van der Waals surface area contributed by atoms with E-state index in [0.29, 0.717) is 28.0 Å². The molecule has 0 radical (unpaired) electrons. The van der Waals surface area contributed by atoms with Gasteiger partial charge in [0.25, 0.3) is 5.91 Å². The van der Waals surface area contributed by atoms with Crippen molar-refractivity contribution < 1.29 is 29.0 Å². The zero-order chi connectivity index (χ0) is 27.1. The van der Waals surface area contributed by atoms with Crippen molar-refractivity contribution in [3.8, 4) is 22.8 Å². The van der Waals surface area contributed by atoms with Crippen LogP contribution >= 0.6 is 23.1 Å². The number of aromatic carboxylic acids is 1. The predicted molar refractivity (Wildman–Crippen MR) is 148 cm³/mol. The molecule has 194 valence electrons. The Morgan fingerprint density at radius 3 is 2.32 bits per heavy atom. The van der Waals surface area contributed by atoms with Gasteiger partial charge in [0.2, 0.25) is 5.91 Å². The topological polar surface area (TPSA) is 127 Å². The normalized spacial score (nSPS) is 10.5. The van der Waals surface area contributed by atoms with E-state index >= 15 is 0 Å². The fourth-order valence-corrected chi connectivity index (χ4v) is 4.90. The van der Waals surface area contributed by atoms with Crippen LogP contribution in [0.15, 0.2) is 77.0 Å². The first-order chi connectivity index (χ1) is 18.4. The van der Waals surface area contributed by atoms with E-state index in [9.17, 15) is 19.5 Å². The average molecular weight is 550 g/mol. The summed E-state index contributed by atoms with van der Waals surface area (Å²) in [6, 6.07) is 18.4. The van der Waals surface area contributed by atoms with Crippen molar-refractivity contribution in [3.63, 3.8) is 0 Å². The van der Waals surface area contributed by atoms with Crippen LogP contribution in [0.25, 0.3) is 11.3 Å². The van der Waals surface area contributed by atoms with Crippen LogP contribution in [0.1, 0.15) is 20.7 Å². The molecule has 38 heavy (non-hydrogen) atoms. The van der Waals surface area contributed by atoms with Crippen molar-refractivity contribution in [2.45, 2.75) is 4.90 Å². The highest BCUT2D eigenvalue weighted by Gasteiger charge is 2.16. The standard InChI is InChI=1S/C27H23N3O6S2/c1-35-22-12-7-16(13-23(22)36-2)21-14-38-27(29-21)30-24(31)15-37-18-10-8-17(9-11-18)28-25(32)19-5-3-4-6-20(19)26(33)34/h3-14H,15H2,1-2H3,(H,28,32)(H,33,34)(H,29,30,31). The Balaban J connectivity index is 1.30. The summed E-state index contributed by atoms with van der Waals surface area (Å²) in [5.74, 6) is -0.505. The molecule has 0 unspecified atom stereocenters. The van der Waals surface area contributed by atoms with Gasteiger partial charge in [0, 0.05) is 21.5 Å². The Bertz CT molecular complexity index is 1470. The number of ether oxygens (including phenoxy) is 2. The van der Waals surface area contributed by atoms with E-state index in [0.717, 1.165) is 10.5 Å². The van der Waals surface area contributed by atoms with Crippen LogP contribution in [-0.4, -0.2) is 47.8 Å². The smallest absolute Gasteiger partial charge is 0.336 e. The number of hydrogen-bond acceptors (Lipinski definition) is 8. The minimum Gasteiger partial charge on any atom is -0.493 e. The van der Waals surface area contributed by atoms with Gasteiger partial charge in [-0.05, 0) is 54.6 Å². The molecule has 0 saturated carbocycles. The number of methoxy groups -OCH3 is 2. The highest BCUT2D eigenvalue weighted by atomic mass is 32.2. The third-order valence-electron chi connectivity index (χ3n) is 5.31. The van der Waals surface area contributed by atoms with Gasteiger partial charge in [-0.25, -0.2) is 9.78 Å². The van der Waals surface area contributed by atoms with E-state index in [1.165, 1.54) is 35.2 Å². The summed E-state index contributed by atoms with van der Waals surface area (Å²) < 4.78 is 10.6. The maximum absolute atomic E-state index is 12.5. The quantitative estimate of drug-likeness (QED) is 0.221. The molecular weight excluding hydrogens is 526 g/mol. The molecule has 2 amide bonds. The van der Waals surface area contributed by atoms with Crippen molar-refractivity contribution in [1.82, 2.24) is 4.98 Å². The lowest BCUT2D eigenvalue weighted by Gasteiger charge is -2.09. The van der Waals surface area contributed by atoms with Crippen LogP contribution in [0, 0.1) is 0 Å². The summed E-state index contributed by atoms with van der Waals surface area (Å²) in [7, 11) is 3.14. The zero-order valence-corrected chi connectivity index (χ0v) is 22.0. The fourth-order valence-electron chi connectivity index (χ4n) is 3.46. The first-order valence-corrected chi connectivity index (χ1v) is 13.1. The number of rotatable bonds is 10. The maximum Gasteiger partial charge on any atom is 0.336 e. The van der Waals surface area contributed by atoms with Gasteiger partial charge in [0.1, 0.15) is 0 Å². The molecule has 4 aromatic rings. The Labute approximate surface area is 226 Å². The first kappa shape index (κ1) is 26.7. The van der Waals surface area contributed by atoms with Crippen molar-refractivity contribution in [2.75, 3.05) is 30.6 Å². The number of thiazole rings is 1. The zero-order valence-electron chi connectivity index (χ0n) is 20.4. The van der Waals surface area contributed by atoms with Crippen LogP contribution in [0.5, 0.6) is 11.5 Å². The lowest BCUT2D eigenvalue weighted by atomic mass is 10.1. The van der Waals surface area contributed by atoms with Crippen molar-refractivity contribution in [1.29, 1.82) is 0 Å². The molecule has 0 aliphatic carbocycles. The first-order valence-electron chi connectivity index (χ1n) is 11.2. The van der Waals surface area contributed by atoms with Gasteiger partial charge in [-0.2, -0.15) is 0 Å². The number of nitrogens with one attached hydrogen (secondary N) is 2. The van der Waals surface area contributed by atoms with Crippen LogP contribution < -0.4 is 20.1 Å². The fraction of sp³-hybridized carbons (Fsp3) is 0.111. The number of carbonyl (C=O) groups excluding carboxylic acids is 2. The predicted octanol–water partition coefficient (Wildman–Crippen LogP) is 5.51. The molecule has 0 saturated heterocycles. The van der Waals surface area contributed by atoms with Gasteiger partial charge in [0.15, 0.2) is 16.6 Å². The van der Waals surface area contributed by atoms with Gasteiger partial charge in [-0.1, -0.05) is 12.1 Å². The second-order valence-electron chi connectivity index (χ2n) is 7.77. The average Bonchev–Trinajstić information content (AvgIpc) is 3.40. The van der Waals surface area contributed by atoms with Gasteiger partial charge in [0.05, 0.1) is 36.8 Å². The molecule has 3 aromatic carbocycles. The number of amides is 2. The molecule has 0 spiro atoms. The summed E-state index contributed by atoms with van der Waals surface area (Å²) in [6.07, 6.45) is 0. The van der Waals surface area contributed by atoms with Crippen molar-refractivity contribution >= 4 is 51.7 Å². The number of hydrogen-bond donors (Lipinski definition) is 3. The highest BCUT2D eigenvalue weighted by Crippen LogP contribution is 2.33. The van der Waals surface area contributed by atoms with Crippen LogP contribution in [-0.2, 0) is 4.79 Å². The van der Waals surface area contributed by atoms with E-state index in [2.05, 4.69) is 15.6 Å². The number of carboxylic acid groups (broad SMARTS) is 1. The number of anilines is 2. The number of benzene rings is 3. The SMILES string of the molecule is COc1ccc(-c2csc(NC(=O)CSc3ccc(NC(=O)c4ccccc4C(=O)O)cc3)n2)cc1OC. The molecular formula is C27H23N3O6S2. The maximum atomic E-state index is 12.5. The molecule has 11 heteroatoms. The highest BCUT2D eigenvalue weighted by molar-refractivity contribution is 8.00. The molecule has 0 atom stereocenters. The van der Waals surface area contributed by atoms with Gasteiger partial charge in [-0.3, -0.25) is 9.59 Å². The lowest BCUT2D eigenvalue weighted by Crippen LogP contribution is -2.16. The summed E-state index contributed by atoms with van der Waals surface area (Å²) in [5, 5.41) is 17.1. The second-order valence-corrected chi connectivity index (χ2v) is 9.68. The number of nitrogens with zero attached hydrogens (tertiary/aromatic N) is 1. The Kier molecular flexibility index (Phi) is 8.62. The molecule has 0 aliphatic heterocycles. The summed E-state index contributed by atoms with van der Waals surface area (Å²) in [6.45, 7) is 0. The number of thioether (sulfide) groups is 1. The molecule has 3 N–H and O–H groups in total. The number of aromatic nitrogens is 1. The van der Waals surface area contributed by atoms with Gasteiger partial charge < -0.3 is 25.2 Å². The lowest BCUT2D eigenvalue weighted by molar-refractivity contribution is -0.113. The summed E-state index contributed by atoms with van der Waals surface area (Å²) >= 11 is 2.66.